The van der Waals surface area contributed by atoms with Crippen molar-refractivity contribution in [2.75, 3.05) is 6.61 Å². The van der Waals surface area contributed by atoms with Gasteiger partial charge in [-0.2, -0.15) is 0 Å². The predicted molar refractivity (Wildman–Crippen MR) is 91.4 cm³/mol. The second kappa shape index (κ2) is 5.77. The molecule has 2 aliphatic rings. The second-order valence-corrected chi connectivity index (χ2v) is 6.94. The van der Waals surface area contributed by atoms with E-state index in [4.69, 9.17) is 9.47 Å². The Balaban J connectivity index is 1.69. The molecule has 5 heteroatoms. The van der Waals surface area contributed by atoms with Gasteiger partial charge in [0.1, 0.15) is 29.3 Å². The number of carboxylic acids is 1. The number of carbonyl (C=O) groups is 1. The summed E-state index contributed by atoms with van der Waals surface area (Å²) in [6.07, 6.45) is 1.66. The Morgan fingerprint density at radius 2 is 2.04 bits per heavy atom. The number of hydrogen-bond acceptors (Lipinski definition) is 4. The lowest BCUT2D eigenvalue weighted by Gasteiger charge is -2.16. The van der Waals surface area contributed by atoms with Gasteiger partial charge < -0.3 is 19.7 Å². The van der Waals surface area contributed by atoms with Crippen LogP contribution in [0.25, 0.3) is 0 Å². The van der Waals surface area contributed by atoms with E-state index in [0.717, 1.165) is 5.56 Å². The summed E-state index contributed by atoms with van der Waals surface area (Å²) in [5.41, 5.74) is 1.89. The molecule has 2 aromatic carbocycles. The number of ether oxygens (including phenoxy) is 2. The van der Waals surface area contributed by atoms with Crippen LogP contribution in [0.1, 0.15) is 34.0 Å². The molecule has 4 rings (SSSR count). The summed E-state index contributed by atoms with van der Waals surface area (Å²) in [6.45, 7) is 2.38. The molecular weight excluding hydrogens is 320 g/mol. The largest absolute Gasteiger partial charge is 0.507 e. The smallest absolute Gasteiger partial charge is 0.339 e. The van der Waals surface area contributed by atoms with E-state index >= 15 is 0 Å². The summed E-state index contributed by atoms with van der Waals surface area (Å²) in [5.74, 6) is -0.734. The molecule has 2 N–H and O–H groups in total. The zero-order chi connectivity index (χ0) is 17.6. The fourth-order valence-corrected chi connectivity index (χ4v) is 3.50. The molecule has 2 aromatic rings. The number of aromatic hydroxyl groups is 1. The lowest BCUT2D eigenvalue weighted by molar-refractivity contribution is 0.0692. The second-order valence-electron chi connectivity index (χ2n) is 6.94. The summed E-state index contributed by atoms with van der Waals surface area (Å²) in [7, 11) is 0. The van der Waals surface area contributed by atoms with Crippen LogP contribution in [-0.4, -0.2) is 34.5 Å². The Bertz CT molecular complexity index is 830. The standard InChI is InChI=1S/C20H20O5/c1-20-11-24-15-9-13(8-7-12-5-3-2-4-6-12)17(19(22)23)18(21)14(15)10-16(20)25-20/h2-6,9,16,21H,7-8,10-11H2,1H3,(H,22,23)/t16-,20+/m0/s1. The molecule has 130 valence electrons. The van der Waals surface area contributed by atoms with Crippen molar-refractivity contribution < 1.29 is 24.5 Å². The number of fused-ring (bicyclic) bond motifs is 2. The minimum atomic E-state index is -1.12. The molecule has 0 aromatic heterocycles. The third-order valence-corrected chi connectivity index (χ3v) is 5.13. The molecule has 0 radical (unpaired) electrons. The molecule has 2 heterocycles. The maximum atomic E-state index is 11.7. The van der Waals surface area contributed by atoms with Gasteiger partial charge in [0.15, 0.2) is 0 Å². The van der Waals surface area contributed by atoms with E-state index in [-0.39, 0.29) is 23.0 Å². The predicted octanol–water partition coefficient (Wildman–Crippen LogP) is 2.97. The molecule has 0 saturated carbocycles. The van der Waals surface area contributed by atoms with Gasteiger partial charge in [-0.1, -0.05) is 30.3 Å². The van der Waals surface area contributed by atoms with Crippen molar-refractivity contribution in [3.63, 3.8) is 0 Å². The van der Waals surface area contributed by atoms with Crippen LogP contribution in [0.3, 0.4) is 0 Å². The molecule has 0 aliphatic carbocycles. The molecule has 25 heavy (non-hydrogen) atoms. The monoisotopic (exact) mass is 340 g/mol. The van der Waals surface area contributed by atoms with Gasteiger partial charge in [0.2, 0.25) is 0 Å². The van der Waals surface area contributed by atoms with Crippen LogP contribution in [0.5, 0.6) is 11.5 Å². The van der Waals surface area contributed by atoms with Crippen molar-refractivity contribution in [1.29, 1.82) is 0 Å². The molecular formula is C20H20O5. The molecule has 0 unspecified atom stereocenters. The van der Waals surface area contributed by atoms with Gasteiger partial charge in [-0.15, -0.1) is 0 Å². The number of hydrogen-bond donors (Lipinski definition) is 2. The van der Waals surface area contributed by atoms with Gasteiger partial charge in [0.25, 0.3) is 0 Å². The maximum absolute atomic E-state index is 11.7. The molecule has 1 fully saturated rings. The Morgan fingerprint density at radius 1 is 1.28 bits per heavy atom. The topological polar surface area (TPSA) is 79.3 Å². The van der Waals surface area contributed by atoms with Crippen molar-refractivity contribution in [2.24, 2.45) is 0 Å². The SMILES string of the molecule is C[C@@]12COc3cc(CCc4ccccc4)c(C(=O)O)c(O)c3C[C@@H]1O2. The van der Waals surface area contributed by atoms with Gasteiger partial charge in [0.05, 0.1) is 6.10 Å². The number of phenols is 1. The van der Waals surface area contributed by atoms with E-state index in [9.17, 15) is 15.0 Å². The van der Waals surface area contributed by atoms with E-state index in [2.05, 4.69) is 0 Å². The highest BCUT2D eigenvalue weighted by molar-refractivity contribution is 5.93. The number of carboxylic acid groups (broad SMARTS) is 1. The number of aryl methyl sites for hydroxylation is 2. The van der Waals surface area contributed by atoms with Crippen LogP contribution < -0.4 is 4.74 Å². The summed E-state index contributed by atoms with van der Waals surface area (Å²) in [4.78, 5) is 11.7. The average Bonchev–Trinajstić information content (AvgIpc) is 3.25. The van der Waals surface area contributed by atoms with E-state index in [1.807, 2.05) is 37.3 Å². The first-order valence-electron chi connectivity index (χ1n) is 8.43. The molecule has 1 saturated heterocycles. The Labute approximate surface area is 145 Å². The van der Waals surface area contributed by atoms with Gasteiger partial charge in [-0.3, -0.25) is 0 Å². The third-order valence-electron chi connectivity index (χ3n) is 5.13. The first kappa shape index (κ1) is 16.0. The average molecular weight is 340 g/mol. The van der Waals surface area contributed by atoms with E-state index in [1.165, 1.54) is 0 Å². The van der Waals surface area contributed by atoms with Crippen LogP contribution in [-0.2, 0) is 24.0 Å². The van der Waals surface area contributed by atoms with Crippen molar-refractivity contribution >= 4 is 5.97 Å². The van der Waals surface area contributed by atoms with Crippen molar-refractivity contribution in [3.05, 3.63) is 58.7 Å². The zero-order valence-electron chi connectivity index (χ0n) is 14.0. The third kappa shape index (κ3) is 2.85. The fraction of sp³-hybridized carbons (Fsp3) is 0.350. The summed E-state index contributed by atoms with van der Waals surface area (Å²) >= 11 is 0. The van der Waals surface area contributed by atoms with Crippen molar-refractivity contribution in [2.45, 2.75) is 37.9 Å². The van der Waals surface area contributed by atoms with Crippen LogP contribution >= 0.6 is 0 Å². The van der Waals surface area contributed by atoms with Crippen LogP contribution in [0.2, 0.25) is 0 Å². The van der Waals surface area contributed by atoms with Crippen LogP contribution in [0.4, 0.5) is 0 Å². The van der Waals surface area contributed by atoms with Gasteiger partial charge in [-0.25, -0.2) is 4.79 Å². The molecule has 0 spiro atoms. The van der Waals surface area contributed by atoms with Gasteiger partial charge in [-0.05, 0) is 37.0 Å². The Morgan fingerprint density at radius 3 is 2.76 bits per heavy atom. The van der Waals surface area contributed by atoms with Gasteiger partial charge >= 0.3 is 5.97 Å². The molecule has 5 nitrogen and oxygen atoms in total. The highest BCUT2D eigenvalue weighted by Gasteiger charge is 2.55. The lowest BCUT2D eigenvalue weighted by atomic mass is 9.93. The Kier molecular flexibility index (Phi) is 3.69. The minimum absolute atomic E-state index is 0.0254. The summed E-state index contributed by atoms with van der Waals surface area (Å²) in [6, 6.07) is 11.6. The number of rotatable bonds is 4. The molecule has 2 atom stereocenters. The fourth-order valence-electron chi connectivity index (χ4n) is 3.50. The molecule has 0 bridgehead atoms. The molecule has 0 amide bonds. The van der Waals surface area contributed by atoms with E-state index in [0.29, 0.717) is 42.7 Å². The maximum Gasteiger partial charge on any atom is 0.339 e. The highest BCUT2D eigenvalue weighted by Crippen LogP contribution is 2.47. The van der Waals surface area contributed by atoms with Crippen molar-refractivity contribution in [1.82, 2.24) is 0 Å². The van der Waals surface area contributed by atoms with Crippen molar-refractivity contribution in [3.8, 4) is 11.5 Å². The van der Waals surface area contributed by atoms with E-state index < -0.39 is 5.97 Å². The summed E-state index contributed by atoms with van der Waals surface area (Å²) in [5, 5.41) is 20.2. The number of aromatic carboxylic acids is 1. The quantitative estimate of drug-likeness (QED) is 0.837. The van der Waals surface area contributed by atoms with E-state index in [1.54, 1.807) is 6.07 Å². The normalized spacial score (nSPS) is 23.8. The molecule has 2 aliphatic heterocycles. The van der Waals surface area contributed by atoms with Crippen LogP contribution in [0.15, 0.2) is 36.4 Å². The summed E-state index contributed by atoms with van der Waals surface area (Å²) < 4.78 is 11.4. The lowest BCUT2D eigenvalue weighted by Crippen LogP contribution is -2.18. The minimum Gasteiger partial charge on any atom is -0.507 e. The highest BCUT2D eigenvalue weighted by atomic mass is 16.6. The van der Waals surface area contributed by atoms with Gasteiger partial charge in [0, 0.05) is 12.0 Å². The number of benzene rings is 2. The first-order chi connectivity index (χ1) is 12.0. The zero-order valence-corrected chi connectivity index (χ0v) is 14.0. The first-order valence-corrected chi connectivity index (χ1v) is 8.43. The van der Waals surface area contributed by atoms with Crippen LogP contribution in [0, 0.1) is 0 Å². The Hall–Kier alpha value is -2.53. The number of epoxide rings is 1.